The van der Waals surface area contributed by atoms with E-state index in [0.29, 0.717) is 11.8 Å². The average molecular weight is 334 g/mol. The fourth-order valence-corrected chi connectivity index (χ4v) is 2.87. The topological polar surface area (TPSA) is 38.2 Å². The number of nitrogens with zero attached hydrogens (tertiary/aromatic N) is 3. The van der Waals surface area contributed by atoms with Gasteiger partial charge in [0.1, 0.15) is 0 Å². The largest absolute Gasteiger partial charge is 0.480 e. The van der Waals surface area contributed by atoms with E-state index < -0.39 is 0 Å². The van der Waals surface area contributed by atoms with Crippen molar-refractivity contribution in [2.75, 3.05) is 18.6 Å². The molecule has 0 spiro atoms. The summed E-state index contributed by atoms with van der Waals surface area (Å²) in [4.78, 5) is 11.1. The van der Waals surface area contributed by atoms with Crippen molar-refractivity contribution < 1.29 is 4.74 Å². The summed E-state index contributed by atoms with van der Waals surface area (Å²) in [5.74, 6) is 1.26. The number of aryl methyl sites for hydroxylation is 1. The summed E-state index contributed by atoms with van der Waals surface area (Å²) in [6.45, 7) is 0.932. The number of hydrogen-bond donors (Lipinski definition) is 0. The van der Waals surface area contributed by atoms with Crippen molar-refractivity contribution in [1.82, 2.24) is 9.97 Å². The van der Waals surface area contributed by atoms with Gasteiger partial charge in [-0.05, 0) is 46.8 Å². The molecule has 0 radical (unpaired) electrons. The lowest BCUT2D eigenvalue weighted by atomic mass is 10.1. The normalized spacial score (nSPS) is 14.6. The Labute approximate surface area is 126 Å². The fraction of sp³-hybridized carbons (Fsp3) is 0.333. The molecule has 104 valence electrons. The molecule has 0 atom stereocenters. The third kappa shape index (κ3) is 2.50. The number of aromatic nitrogens is 2. The van der Waals surface area contributed by atoms with Crippen LogP contribution in [0.2, 0.25) is 0 Å². The molecule has 0 bridgehead atoms. The Balaban J connectivity index is 2.05. The first-order valence-electron chi connectivity index (χ1n) is 6.71. The summed E-state index contributed by atoms with van der Waals surface area (Å²) in [7, 11) is 1.62. The highest BCUT2D eigenvalue weighted by Gasteiger charge is 2.19. The molecular formula is C15H16BrN3O. The zero-order valence-corrected chi connectivity index (χ0v) is 12.9. The van der Waals surface area contributed by atoms with Crippen molar-refractivity contribution in [3.05, 3.63) is 40.5 Å². The minimum Gasteiger partial charge on any atom is -0.480 e. The van der Waals surface area contributed by atoms with Crippen molar-refractivity contribution in [1.29, 1.82) is 0 Å². The molecule has 2 heterocycles. The highest BCUT2D eigenvalue weighted by molar-refractivity contribution is 9.10. The van der Waals surface area contributed by atoms with Crippen molar-refractivity contribution >= 4 is 27.6 Å². The van der Waals surface area contributed by atoms with Crippen LogP contribution in [0.15, 0.2) is 34.9 Å². The maximum absolute atomic E-state index is 5.27. The molecule has 1 aromatic heterocycles. The van der Waals surface area contributed by atoms with Crippen LogP contribution in [-0.2, 0) is 6.42 Å². The molecule has 3 rings (SSSR count). The van der Waals surface area contributed by atoms with Gasteiger partial charge in [0, 0.05) is 12.2 Å². The van der Waals surface area contributed by atoms with Crippen molar-refractivity contribution in [3.63, 3.8) is 0 Å². The Kier molecular flexibility index (Phi) is 3.87. The molecule has 1 aliphatic heterocycles. The molecule has 0 fully saturated rings. The molecule has 0 aliphatic carbocycles. The SMILES string of the molecule is COc1nc(N2CCCCc3ccccc32)ncc1Br. The second-order valence-electron chi connectivity index (χ2n) is 4.76. The number of benzene rings is 1. The van der Waals surface area contributed by atoms with Gasteiger partial charge in [0.05, 0.1) is 17.8 Å². The Hall–Kier alpha value is -1.62. The van der Waals surface area contributed by atoms with E-state index >= 15 is 0 Å². The average Bonchev–Trinajstić information content (AvgIpc) is 2.70. The smallest absolute Gasteiger partial charge is 0.233 e. The predicted molar refractivity (Wildman–Crippen MR) is 82.7 cm³/mol. The third-order valence-corrected chi connectivity index (χ3v) is 4.04. The number of methoxy groups -OCH3 is 1. The van der Waals surface area contributed by atoms with Crippen LogP contribution in [0.1, 0.15) is 18.4 Å². The summed E-state index contributed by atoms with van der Waals surface area (Å²) in [6, 6.07) is 8.47. The Morgan fingerprint density at radius 1 is 1.25 bits per heavy atom. The van der Waals surface area contributed by atoms with Crippen molar-refractivity contribution in [3.8, 4) is 5.88 Å². The lowest BCUT2D eigenvalue weighted by Gasteiger charge is -2.23. The first-order valence-corrected chi connectivity index (χ1v) is 7.51. The van der Waals surface area contributed by atoms with Crippen LogP contribution in [-0.4, -0.2) is 23.6 Å². The van der Waals surface area contributed by atoms with E-state index in [0.717, 1.165) is 23.9 Å². The highest BCUT2D eigenvalue weighted by Crippen LogP contribution is 2.32. The number of ether oxygens (including phenoxy) is 1. The zero-order chi connectivity index (χ0) is 13.9. The summed E-state index contributed by atoms with van der Waals surface area (Å²) in [6.07, 6.45) is 5.19. The number of fused-ring (bicyclic) bond motifs is 1. The summed E-state index contributed by atoms with van der Waals surface area (Å²) < 4.78 is 6.04. The highest BCUT2D eigenvalue weighted by atomic mass is 79.9. The fourth-order valence-electron chi connectivity index (χ4n) is 2.52. The molecular weight excluding hydrogens is 318 g/mol. The van der Waals surface area contributed by atoms with Gasteiger partial charge in [-0.3, -0.25) is 0 Å². The van der Waals surface area contributed by atoms with Crippen LogP contribution in [0.5, 0.6) is 5.88 Å². The molecule has 2 aromatic rings. The van der Waals surface area contributed by atoms with E-state index in [4.69, 9.17) is 4.74 Å². The Morgan fingerprint density at radius 2 is 2.10 bits per heavy atom. The quantitative estimate of drug-likeness (QED) is 0.839. The van der Waals surface area contributed by atoms with Crippen LogP contribution in [0, 0.1) is 0 Å². The van der Waals surface area contributed by atoms with Crippen LogP contribution < -0.4 is 9.64 Å². The second kappa shape index (κ2) is 5.79. The number of para-hydroxylation sites is 1. The Morgan fingerprint density at radius 3 is 2.95 bits per heavy atom. The minimum atomic E-state index is 0.566. The number of halogens is 1. The van der Waals surface area contributed by atoms with Gasteiger partial charge >= 0.3 is 0 Å². The van der Waals surface area contributed by atoms with Crippen LogP contribution in [0.4, 0.5) is 11.6 Å². The molecule has 0 saturated carbocycles. The number of hydrogen-bond acceptors (Lipinski definition) is 4. The van der Waals surface area contributed by atoms with E-state index in [9.17, 15) is 0 Å². The summed E-state index contributed by atoms with van der Waals surface area (Å²) >= 11 is 3.39. The van der Waals surface area contributed by atoms with E-state index in [1.54, 1.807) is 13.3 Å². The maximum Gasteiger partial charge on any atom is 0.233 e. The Bertz CT molecular complexity index is 618. The van der Waals surface area contributed by atoms with Gasteiger partial charge in [0.25, 0.3) is 0 Å². The monoisotopic (exact) mass is 333 g/mol. The summed E-state index contributed by atoms with van der Waals surface area (Å²) in [5, 5.41) is 0. The van der Waals surface area contributed by atoms with E-state index in [1.807, 2.05) is 0 Å². The van der Waals surface area contributed by atoms with Gasteiger partial charge in [-0.25, -0.2) is 4.98 Å². The molecule has 1 aliphatic rings. The van der Waals surface area contributed by atoms with Gasteiger partial charge in [-0.2, -0.15) is 4.98 Å². The molecule has 4 nitrogen and oxygen atoms in total. The third-order valence-electron chi connectivity index (χ3n) is 3.49. The molecule has 0 amide bonds. The van der Waals surface area contributed by atoms with Crippen molar-refractivity contribution in [2.45, 2.75) is 19.3 Å². The van der Waals surface area contributed by atoms with Crippen molar-refractivity contribution in [2.24, 2.45) is 0 Å². The lowest BCUT2D eigenvalue weighted by molar-refractivity contribution is 0.394. The molecule has 5 heteroatoms. The second-order valence-corrected chi connectivity index (χ2v) is 5.62. The summed E-state index contributed by atoms with van der Waals surface area (Å²) in [5.41, 5.74) is 2.56. The molecule has 0 unspecified atom stereocenters. The first kappa shape index (κ1) is 13.4. The van der Waals surface area contributed by atoms with Crippen LogP contribution in [0.25, 0.3) is 0 Å². The number of rotatable bonds is 2. The number of anilines is 2. The van der Waals surface area contributed by atoms with Crippen LogP contribution in [0.3, 0.4) is 0 Å². The van der Waals surface area contributed by atoms with Gasteiger partial charge in [-0.15, -0.1) is 0 Å². The van der Waals surface area contributed by atoms with Gasteiger partial charge in [0.15, 0.2) is 0 Å². The van der Waals surface area contributed by atoms with E-state index in [2.05, 4.69) is 55.1 Å². The standard InChI is InChI=1S/C15H16BrN3O/c1-20-14-12(16)10-17-15(18-14)19-9-5-4-7-11-6-2-3-8-13(11)19/h2-3,6,8,10H,4-5,7,9H2,1H3. The lowest BCUT2D eigenvalue weighted by Crippen LogP contribution is -2.20. The van der Waals surface area contributed by atoms with Gasteiger partial charge < -0.3 is 9.64 Å². The molecule has 0 saturated heterocycles. The van der Waals surface area contributed by atoms with E-state index in [-0.39, 0.29) is 0 Å². The van der Waals surface area contributed by atoms with Crippen LogP contribution >= 0.6 is 15.9 Å². The van der Waals surface area contributed by atoms with Gasteiger partial charge in [0.2, 0.25) is 11.8 Å². The molecule has 1 aromatic carbocycles. The molecule has 20 heavy (non-hydrogen) atoms. The predicted octanol–water partition coefficient (Wildman–Crippen LogP) is 3.72. The van der Waals surface area contributed by atoms with E-state index in [1.165, 1.54) is 17.7 Å². The maximum atomic E-state index is 5.27. The zero-order valence-electron chi connectivity index (χ0n) is 11.3. The van der Waals surface area contributed by atoms with Gasteiger partial charge in [-0.1, -0.05) is 18.2 Å². The minimum absolute atomic E-state index is 0.566. The molecule has 0 N–H and O–H groups in total. The first-order chi connectivity index (χ1) is 9.79.